The van der Waals surface area contributed by atoms with E-state index in [1.807, 2.05) is 6.92 Å². The number of rotatable bonds is 7. The highest BCUT2D eigenvalue weighted by molar-refractivity contribution is 8.03. The van der Waals surface area contributed by atoms with Gasteiger partial charge in [0.25, 0.3) is 0 Å². The molecule has 4 aliphatic rings. The van der Waals surface area contributed by atoms with Crippen LogP contribution in [-0.2, 0) is 9.59 Å². The summed E-state index contributed by atoms with van der Waals surface area (Å²) < 4.78 is 0. The highest BCUT2D eigenvalue weighted by Crippen LogP contribution is 2.53. The van der Waals surface area contributed by atoms with E-state index in [1.165, 1.54) is 4.90 Å². The van der Waals surface area contributed by atoms with E-state index in [0.29, 0.717) is 23.4 Å². The van der Waals surface area contributed by atoms with Crippen molar-refractivity contribution in [3.8, 4) is 0 Å². The number of nitrogens with one attached hydrogen (secondary N) is 3. The first-order valence-electron chi connectivity index (χ1n) is 11.2. The van der Waals surface area contributed by atoms with Crippen LogP contribution in [0.25, 0.3) is 0 Å². The highest BCUT2D eigenvalue weighted by atomic mass is 32.2. The highest BCUT2D eigenvalue weighted by Gasteiger charge is 2.60. The maximum Gasteiger partial charge on any atom is 0.353 e. The summed E-state index contributed by atoms with van der Waals surface area (Å²) in [6, 6.07) is 0.971. The zero-order valence-corrected chi connectivity index (χ0v) is 18.8. The van der Waals surface area contributed by atoms with Crippen LogP contribution in [0, 0.1) is 17.2 Å². The third-order valence-electron chi connectivity index (χ3n) is 7.26. The van der Waals surface area contributed by atoms with E-state index in [9.17, 15) is 19.8 Å². The number of nitrogens with zero attached hydrogens (tertiary/aromatic N) is 1. The molecule has 10 heteroatoms. The molecule has 2 aliphatic heterocycles. The van der Waals surface area contributed by atoms with Crippen LogP contribution < -0.4 is 16.4 Å². The fraction of sp³-hybridized carbons (Fsp3) is 0.762. The molecule has 172 valence electrons. The number of thioether (sulfide) groups is 1. The van der Waals surface area contributed by atoms with Gasteiger partial charge in [0.05, 0.1) is 18.1 Å². The molecule has 0 spiro atoms. The number of hydrogen-bond acceptors (Lipinski definition) is 6. The van der Waals surface area contributed by atoms with Gasteiger partial charge < -0.3 is 31.5 Å². The number of fused-ring (bicyclic) bond motifs is 1. The second-order valence-electron chi connectivity index (χ2n) is 9.45. The van der Waals surface area contributed by atoms with Crippen molar-refractivity contribution in [2.24, 2.45) is 17.6 Å². The van der Waals surface area contributed by atoms with Crippen molar-refractivity contribution in [3.63, 3.8) is 0 Å². The fourth-order valence-electron chi connectivity index (χ4n) is 5.61. The number of carboxylic acid groups (broad SMARTS) is 1. The number of amides is 1. The summed E-state index contributed by atoms with van der Waals surface area (Å²) in [4.78, 5) is 26.5. The molecule has 4 rings (SSSR count). The molecule has 0 aromatic carbocycles. The summed E-state index contributed by atoms with van der Waals surface area (Å²) >= 11 is 1.61. The van der Waals surface area contributed by atoms with Crippen LogP contribution in [0.15, 0.2) is 10.6 Å². The Kier molecular flexibility index (Phi) is 6.24. The molecule has 7 N–H and O–H groups in total. The molecular formula is C21H33N5O4S. The zero-order chi connectivity index (χ0) is 22.4. The molecule has 0 radical (unpaired) electrons. The summed E-state index contributed by atoms with van der Waals surface area (Å²) in [7, 11) is 0. The number of aliphatic hydroxyl groups excluding tert-OH is 1. The monoisotopic (exact) mass is 451 g/mol. The van der Waals surface area contributed by atoms with Crippen molar-refractivity contribution in [2.45, 2.75) is 87.9 Å². The Morgan fingerprint density at radius 3 is 2.39 bits per heavy atom. The lowest BCUT2D eigenvalue weighted by Gasteiger charge is -2.46. The van der Waals surface area contributed by atoms with Crippen LogP contribution in [0.2, 0.25) is 0 Å². The Morgan fingerprint density at radius 1 is 1.23 bits per heavy atom. The molecule has 2 heterocycles. The smallest absolute Gasteiger partial charge is 0.353 e. The minimum Gasteiger partial charge on any atom is -0.477 e. The van der Waals surface area contributed by atoms with Crippen molar-refractivity contribution in [1.29, 1.82) is 5.41 Å². The quantitative estimate of drug-likeness (QED) is 0.189. The van der Waals surface area contributed by atoms with Crippen molar-refractivity contribution < 1.29 is 19.8 Å². The minimum absolute atomic E-state index is 0.0395. The van der Waals surface area contributed by atoms with Crippen molar-refractivity contribution in [3.05, 3.63) is 10.6 Å². The van der Waals surface area contributed by atoms with Gasteiger partial charge in [0.15, 0.2) is 5.96 Å². The van der Waals surface area contributed by atoms with Gasteiger partial charge in [0.2, 0.25) is 5.91 Å². The lowest BCUT2D eigenvalue weighted by molar-refractivity contribution is -0.163. The number of aliphatic hydroxyl groups is 1. The molecule has 2 aliphatic carbocycles. The van der Waals surface area contributed by atoms with E-state index in [0.717, 1.165) is 43.4 Å². The van der Waals surface area contributed by atoms with Gasteiger partial charge in [-0.3, -0.25) is 10.2 Å². The van der Waals surface area contributed by atoms with Gasteiger partial charge in [-0.25, -0.2) is 4.79 Å². The SMILES string of the molecule is C[C@@H](O)[C@H]1C(=O)N2C(C(=O)O)=C(S[C@H]3C[C@@H](N[C@H]4CC[C@H](NC(=N)N)CC4)C3)[C@H](C)[C@H]12. The molecule has 31 heavy (non-hydrogen) atoms. The molecule has 0 unspecified atom stereocenters. The minimum atomic E-state index is -1.06. The Labute approximate surface area is 186 Å². The van der Waals surface area contributed by atoms with Crippen molar-refractivity contribution in [2.75, 3.05) is 0 Å². The van der Waals surface area contributed by atoms with Gasteiger partial charge in [-0.2, -0.15) is 0 Å². The lowest BCUT2D eigenvalue weighted by Crippen LogP contribution is -2.63. The average Bonchev–Trinajstić information content (AvgIpc) is 2.89. The molecule has 9 nitrogen and oxygen atoms in total. The first kappa shape index (κ1) is 22.4. The summed E-state index contributed by atoms with van der Waals surface area (Å²) in [5.41, 5.74) is 5.54. The van der Waals surface area contributed by atoms with E-state index in [-0.39, 0.29) is 29.5 Å². The molecule has 3 fully saturated rings. The number of carbonyl (C=O) groups is 2. The second kappa shape index (κ2) is 8.63. The van der Waals surface area contributed by atoms with Crippen molar-refractivity contribution >= 4 is 29.6 Å². The Bertz CT molecular complexity index is 789. The van der Waals surface area contributed by atoms with Crippen LogP contribution in [-0.4, -0.2) is 68.5 Å². The van der Waals surface area contributed by atoms with Gasteiger partial charge in [-0.05, 0) is 45.4 Å². The van der Waals surface area contributed by atoms with E-state index >= 15 is 0 Å². The van der Waals surface area contributed by atoms with Gasteiger partial charge in [-0.15, -0.1) is 11.8 Å². The maximum atomic E-state index is 12.4. The number of β-lactam (4-membered cyclic amide) rings is 1. The molecular weight excluding hydrogens is 418 g/mol. The fourth-order valence-corrected chi connectivity index (χ4v) is 7.28. The van der Waals surface area contributed by atoms with Crippen LogP contribution in [0.5, 0.6) is 0 Å². The lowest BCUT2D eigenvalue weighted by atomic mass is 9.79. The molecule has 0 aromatic heterocycles. The molecule has 0 bridgehead atoms. The number of nitrogens with two attached hydrogens (primary N) is 1. The van der Waals surface area contributed by atoms with E-state index in [2.05, 4.69) is 10.6 Å². The largest absolute Gasteiger partial charge is 0.477 e. The van der Waals surface area contributed by atoms with Gasteiger partial charge in [0, 0.05) is 34.2 Å². The number of carbonyl (C=O) groups excluding carboxylic acids is 1. The zero-order valence-electron chi connectivity index (χ0n) is 18.0. The first-order chi connectivity index (χ1) is 14.7. The Hall–Kier alpha value is -1.78. The molecule has 0 aromatic rings. The van der Waals surface area contributed by atoms with Crippen LogP contribution >= 0.6 is 11.8 Å². The van der Waals surface area contributed by atoms with E-state index in [1.54, 1.807) is 18.7 Å². The van der Waals surface area contributed by atoms with Gasteiger partial charge in [0.1, 0.15) is 5.70 Å². The molecule has 2 saturated carbocycles. The summed E-state index contributed by atoms with van der Waals surface area (Å²) in [6.45, 7) is 3.57. The molecule has 4 atom stereocenters. The van der Waals surface area contributed by atoms with Crippen LogP contribution in [0.3, 0.4) is 0 Å². The van der Waals surface area contributed by atoms with Gasteiger partial charge in [-0.1, -0.05) is 6.92 Å². The second-order valence-corrected chi connectivity index (χ2v) is 10.8. The predicted octanol–water partition coefficient (Wildman–Crippen LogP) is 0.788. The third-order valence-corrected chi connectivity index (χ3v) is 8.80. The van der Waals surface area contributed by atoms with Crippen molar-refractivity contribution in [1.82, 2.24) is 15.5 Å². The van der Waals surface area contributed by atoms with Crippen LogP contribution in [0.1, 0.15) is 52.4 Å². The van der Waals surface area contributed by atoms with E-state index in [4.69, 9.17) is 11.1 Å². The summed E-state index contributed by atoms with van der Waals surface area (Å²) in [6.07, 6.45) is 5.33. The van der Waals surface area contributed by atoms with Crippen LogP contribution in [0.4, 0.5) is 0 Å². The Balaban J connectivity index is 1.29. The van der Waals surface area contributed by atoms with E-state index < -0.39 is 18.0 Å². The standard InChI is InChI=1S/C21H33N5O4S/c1-9-16-15(10(2)27)19(28)26(16)17(20(29)30)18(9)31-14-7-13(8-14)24-11-3-5-12(6-4-11)25-21(22)23/h9-16,24,27H,3-8H2,1-2H3,(H,29,30)(H4,22,23,25)/t9-,10-,11-,12-,13-,14+,15-,16-/m1/s1. The topological polar surface area (TPSA) is 152 Å². The number of aliphatic carboxylic acids is 1. The number of guanidine groups is 1. The number of hydrogen-bond donors (Lipinski definition) is 6. The summed E-state index contributed by atoms with van der Waals surface area (Å²) in [5, 5.41) is 34.1. The Morgan fingerprint density at radius 2 is 1.84 bits per heavy atom. The third kappa shape index (κ3) is 4.17. The van der Waals surface area contributed by atoms with Gasteiger partial charge >= 0.3 is 5.97 Å². The average molecular weight is 452 g/mol. The molecule has 1 saturated heterocycles. The normalized spacial score (nSPS) is 38.2. The number of carboxylic acids is 1. The summed E-state index contributed by atoms with van der Waals surface area (Å²) in [5.74, 6) is -1.87. The molecule has 1 amide bonds. The first-order valence-corrected chi connectivity index (χ1v) is 12.1. The predicted molar refractivity (Wildman–Crippen MR) is 118 cm³/mol. The maximum absolute atomic E-state index is 12.4.